The first-order valence-electron chi connectivity index (χ1n) is 4.86. The van der Waals surface area contributed by atoms with E-state index in [0.717, 1.165) is 25.9 Å². The second kappa shape index (κ2) is 6.49. The Kier molecular flexibility index (Phi) is 5.61. The maximum Gasteiger partial charge on any atom is 0.218 e. The Morgan fingerprint density at radius 1 is 1.44 bits per heavy atom. The molecule has 0 radical (unpaired) electrons. The summed E-state index contributed by atoms with van der Waals surface area (Å²) in [5.41, 5.74) is 0. The molecule has 0 aliphatic carbocycles. The fourth-order valence-corrected chi connectivity index (χ4v) is 2.91. The monoisotopic (exact) mass is 281 g/mol. The maximum atomic E-state index is 12.0. The van der Waals surface area contributed by atoms with Crippen LogP contribution in [-0.2, 0) is 10.8 Å². The van der Waals surface area contributed by atoms with Gasteiger partial charge in [0.15, 0.2) is 0 Å². The highest BCUT2D eigenvalue weighted by Crippen LogP contribution is 2.14. The quantitative estimate of drug-likeness (QED) is 0.833. The van der Waals surface area contributed by atoms with Crippen LogP contribution in [0.25, 0.3) is 0 Å². The van der Waals surface area contributed by atoms with E-state index in [1.54, 1.807) is 0 Å². The van der Waals surface area contributed by atoms with Crippen LogP contribution in [0.3, 0.4) is 0 Å². The Bertz CT molecular complexity index is 354. The van der Waals surface area contributed by atoms with Gasteiger partial charge in [0, 0.05) is 6.54 Å². The summed E-state index contributed by atoms with van der Waals surface area (Å²) >= 11 is 5.67. The van der Waals surface area contributed by atoms with Crippen LogP contribution in [-0.4, -0.2) is 32.5 Å². The Labute approximate surface area is 108 Å². The summed E-state index contributed by atoms with van der Waals surface area (Å²) < 4.78 is 12.0. The van der Waals surface area contributed by atoms with Crippen molar-refractivity contribution in [2.24, 2.45) is 0 Å². The third kappa shape index (κ3) is 3.38. The first-order valence-corrected chi connectivity index (χ1v) is 6.45. The third-order valence-corrected chi connectivity index (χ3v) is 4.10. The molecule has 1 aliphatic rings. The SMILES string of the molecule is Cl.O=S(c1ncc(Cl)cn1)C1CCCNC1. The lowest BCUT2D eigenvalue weighted by Crippen LogP contribution is -2.36. The third-order valence-electron chi connectivity index (χ3n) is 2.33. The Balaban J connectivity index is 0.00000128. The largest absolute Gasteiger partial charge is 0.316 e. The molecule has 0 bridgehead atoms. The zero-order valence-electron chi connectivity index (χ0n) is 8.56. The molecule has 0 spiro atoms. The summed E-state index contributed by atoms with van der Waals surface area (Å²) in [5.74, 6) is 0. The van der Waals surface area contributed by atoms with Gasteiger partial charge in [0.2, 0.25) is 5.16 Å². The number of nitrogens with one attached hydrogen (secondary N) is 1. The summed E-state index contributed by atoms with van der Waals surface area (Å²) in [4.78, 5) is 7.96. The molecule has 2 atom stereocenters. The molecule has 4 nitrogen and oxygen atoms in total. The van der Waals surface area contributed by atoms with Crippen LogP contribution in [0.4, 0.5) is 0 Å². The van der Waals surface area contributed by atoms with E-state index in [1.165, 1.54) is 12.4 Å². The zero-order chi connectivity index (χ0) is 10.7. The van der Waals surface area contributed by atoms with Crippen LogP contribution < -0.4 is 5.32 Å². The molecule has 2 rings (SSSR count). The molecule has 0 saturated carbocycles. The predicted octanol–water partition coefficient (Wildman–Crippen LogP) is 1.41. The highest BCUT2D eigenvalue weighted by Gasteiger charge is 2.22. The number of nitrogens with zero attached hydrogens (tertiary/aromatic N) is 2. The Morgan fingerprint density at radius 2 is 2.12 bits per heavy atom. The topological polar surface area (TPSA) is 54.9 Å². The minimum Gasteiger partial charge on any atom is -0.316 e. The van der Waals surface area contributed by atoms with Crippen LogP contribution in [0.2, 0.25) is 5.02 Å². The van der Waals surface area contributed by atoms with E-state index >= 15 is 0 Å². The van der Waals surface area contributed by atoms with E-state index in [4.69, 9.17) is 11.6 Å². The van der Waals surface area contributed by atoms with Gasteiger partial charge in [-0.05, 0) is 19.4 Å². The van der Waals surface area contributed by atoms with E-state index < -0.39 is 10.8 Å². The van der Waals surface area contributed by atoms with Crippen LogP contribution in [0, 0.1) is 0 Å². The second-order valence-corrected chi connectivity index (χ2v) is 5.51. The van der Waals surface area contributed by atoms with Gasteiger partial charge in [-0.15, -0.1) is 12.4 Å². The highest BCUT2D eigenvalue weighted by molar-refractivity contribution is 7.85. The molecule has 1 saturated heterocycles. The molecule has 1 aliphatic heterocycles. The molecular formula is C9H13Cl2N3OS. The molecule has 0 aromatic carbocycles. The van der Waals surface area contributed by atoms with Crippen molar-refractivity contribution in [2.45, 2.75) is 23.2 Å². The average Bonchev–Trinajstić information content (AvgIpc) is 2.30. The maximum absolute atomic E-state index is 12.0. The molecule has 1 aromatic heterocycles. The first-order chi connectivity index (χ1) is 7.27. The van der Waals surface area contributed by atoms with Gasteiger partial charge in [-0.2, -0.15) is 0 Å². The van der Waals surface area contributed by atoms with E-state index in [0.29, 0.717) is 10.2 Å². The Hall–Kier alpha value is -0.230. The molecule has 7 heteroatoms. The summed E-state index contributed by atoms with van der Waals surface area (Å²) in [5, 5.41) is 4.20. The molecule has 1 N–H and O–H groups in total. The summed E-state index contributed by atoms with van der Waals surface area (Å²) in [6.45, 7) is 1.79. The second-order valence-electron chi connectivity index (χ2n) is 3.45. The van der Waals surface area contributed by atoms with Gasteiger partial charge in [-0.1, -0.05) is 11.6 Å². The molecular weight excluding hydrogens is 269 g/mol. The van der Waals surface area contributed by atoms with Gasteiger partial charge >= 0.3 is 0 Å². The predicted molar refractivity (Wildman–Crippen MR) is 66.6 cm³/mol. The number of halogens is 2. The van der Waals surface area contributed by atoms with Gasteiger partial charge < -0.3 is 5.32 Å². The highest BCUT2D eigenvalue weighted by atomic mass is 35.5. The Morgan fingerprint density at radius 3 is 2.69 bits per heavy atom. The van der Waals surface area contributed by atoms with Gasteiger partial charge in [0.1, 0.15) is 0 Å². The molecule has 2 unspecified atom stereocenters. The standard InChI is InChI=1S/C9H12ClN3OS.ClH/c10-7-4-12-9(13-5-7)15(14)8-2-1-3-11-6-8;/h4-5,8,11H,1-3,6H2;1H. The normalized spacial score (nSPS) is 22.2. The molecule has 2 heterocycles. The van der Waals surface area contributed by atoms with Crippen LogP contribution in [0.1, 0.15) is 12.8 Å². The van der Waals surface area contributed by atoms with Gasteiger partial charge in [0.25, 0.3) is 0 Å². The van der Waals surface area contributed by atoms with Crippen LogP contribution >= 0.6 is 24.0 Å². The van der Waals surface area contributed by atoms with Crippen molar-refractivity contribution in [3.63, 3.8) is 0 Å². The van der Waals surface area contributed by atoms with E-state index in [1.807, 2.05) is 0 Å². The minimum atomic E-state index is -1.12. The fourth-order valence-electron chi connectivity index (χ4n) is 1.56. The van der Waals surface area contributed by atoms with Crippen molar-refractivity contribution in [1.82, 2.24) is 15.3 Å². The lowest BCUT2D eigenvalue weighted by molar-refractivity contribution is 0.518. The van der Waals surface area contributed by atoms with Crippen molar-refractivity contribution in [3.05, 3.63) is 17.4 Å². The van der Waals surface area contributed by atoms with E-state index in [2.05, 4.69) is 15.3 Å². The van der Waals surface area contributed by atoms with E-state index in [9.17, 15) is 4.21 Å². The van der Waals surface area contributed by atoms with Crippen molar-refractivity contribution < 1.29 is 4.21 Å². The first kappa shape index (κ1) is 13.8. The van der Waals surface area contributed by atoms with Crippen molar-refractivity contribution in [2.75, 3.05) is 13.1 Å². The molecule has 1 aromatic rings. The number of piperidine rings is 1. The van der Waals surface area contributed by atoms with Gasteiger partial charge in [-0.3, -0.25) is 4.21 Å². The van der Waals surface area contributed by atoms with Gasteiger partial charge in [0.05, 0.1) is 33.5 Å². The zero-order valence-corrected chi connectivity index (χ0v) is 10.9. The molecule has 0 amide bonds. The van der Waals surface area contributed by atoms with Gasteiger partial charge in [-0.25, -0.2) is 9.97 Å². The summed E-state index contributed by atoms with van der Waals surface area (Å²) in [6.07, 6.45) is 4.99. The van der Waals surface area contributed by atoms with Crippen LogP contribution in [0.5, 0.6) is 0 Å². The lowest BCUT2D eigenvalue weighted by Gasteiger charge is -2.20. The lowest BCUT2D eigenvalue weighted by atomic mass is 10.2. The summed E-state index contributed by atoms with van der Waals surface area (Å²) in [7, 11) is -1.12. The number of aromatic nitrogens is 2. The van der Waals surface area contributed by atoms with Crippen molar-refractivity contribution >= 4 is 34.8 Å². The fraction of sp³-hybridized carbons (Fsp3) is 0.556. The molecule has 90 valence electrons. The van der Waals surface area contributed by atoms with Crippen molar-refractivity contribution in [1.29, 1.82) is 0 Å². The number of hydrogen-bond acceptors (Lipinski definition) is 4. The van der Waals surface area contributed by atoms with Crippen LogP contribution in [0.15, 0.2) is 17.6 Å². The average molecular weight is 282 g/mol. The number of hydrogen-bond donors (Lipinski definition) is 1. The summed E-state index contributed by atoms with van der Waals surface area (Å²) in [6, 6.07) is 0. The number of rotatable bonds is 2. The van der Waals surface area contributed by atoms with Crippen molar-refractivity contribution in [3.8, 4) is 0 Å². The smallest absolute Gasteiger partial charge is 0.218 e. The molecule has 1 fully saturated rings. The molecule has 16 heavy (non-hydrogen) atoms. The minimum absolute atomic E-state index is 0. The van der Waals surface area contributed by atoms with E-state index in [-0.39, 0.29) is 17.7 Å².